The number of ether oxygens (including phenoxy) is 1. The van der Waals surface area contributed by atoms with Gasteiger partial charge < -0.3 is 20.3 Å². The first kappa shape index (κ1) is 11.7. The molecule has 0 amide bonds. The second-order valence-corrected chi connectivity index (χ2v) is 2.59. The summed E-state index contributed by atoms with van der Waals surface area (Å²) in [4.78, 5) is 14.7. The Bertz CT molecular complexity index is 411. The second kappa shape index (κ2) is 4.91. The van der Waals surface area contributed by atoms with Gasteiger partial charge in [-0.2, -0.15) is 4.73 Å². The summed E-state index contributed by atoms with van der Waals surface area (Å²) in [6.45, 7) is 1.58. The van der Waals surface area contributed by atoms with Crippen LogP contribution in [0.15, 0.2) is 17.5 Å². The number of rotatable bonds is 3. The van der Waals surface area contributed by atoms with E-state index in [0.29, 0.717) is 0 Å². The lowest BCUT2D eigenvalue weighted by atomic mass is 10.2. The van der Waals surface area contributed by atoms with Gasteiger partial charge in [-0.25, -0.2) is 9.78 Å². The van der Waals surface area contributed by atoms with Gasteiger partial charge in [0.15, 0.2) is 6.20 Å². The number of hydrogen-bond donors (Lipinski definition) is 2. The molecule has 16 heavy (non-hydrogen) atoms. The van der Waals surface area contributed by atoms with Gasteiger partial charge in [-0.15, -0.1) is 0 Å². The number of carbonyl (C=O) groups is 1. The molecule has 0 saturated carbocycles. The van der Waals surface area contributed by atoms with E-state index in [4.69, 9.17) is 5.21 Å². The van der Waals surface area contributed by atoms with Crippen molar-refractivity contribution < 1.29 is 24.6 Å². The Hall–Kier alpha value is -2.38. The maximum Gasteiger partial charge on any atom is 0.367 e. The summed E-state index contributed by atoms with van der Waals surface area (Å²) in [7, 11) is 0. The maximum absolute atomic E-state index is 11.3. The molecule has 0 radical (unpaired) electrons. The molecule has 0 spiro atoms. The lowest BCUT2D eigenvalue weighted by molar-refractivity contribution is -0.607. The summed E-state index contributed by atoms with van der Waals surface area (Å²) in [5.41, 5.74) is -1.27. The third-order valence-corrected chi connectivity index (χ3v) is 1.62. The predicted molar refractivity (Wildman–Crippen MR) is 49.8 cm³/mol. The minimum Gasteiger partial charge on any atom is -0.618 e. The quantitative estimate of drug-likeness (QED) is 0.173. The summed E-state index contributed by atoms with van der Waals surface area (Å²) in [6, 6.07) is 0. The average Bonchev–Trinajstić information content (AvgIpc) is 2.24. The molecule has 86 valence electrons. The summed E-state index contributed by atoms with van der Waals surface area (Å²) < 4.78 is 4.69. The highest BCUT2D eigenvalue weighted by molar-refractivity contribution is 6.42. The molecule has 1 heterocycles. The van der Waals surface area contributed by atoms with Crippen molar-refractivity contribution in [3.8, 4) is 5.88 Å². The third kappa shape index (κ3) is 2.16. The molecule has 0 saturated heterocycles. The zero-order valence-electron chi connectivity index (χ0n) is 8.32. The predicted octanol–water partition coefficient (Wildman–Crippen LogP) is -0.838. The van der Waals surface area contributed by atoms with Crippen molar-refractivity contribution in [2.75, 3.05) is 6.61 Å². The molecule has 0 fully saturated rings. The van der Waals surface area contributed by atoms with Gasteiger partial charge in [0.2, 0.25) is 0 Å². The Morgan fingerprint density at radius 1 is 1.75 bits per heavy atom. The van der Waals surface area contributed by atoms with Crippen LogP contribution in [0.1, 0.15) is 12.6 Å². The highest BCUT2D eigenvalue weighted by Crippen LogP contribution is 2.09. The third-order valence-electron chi connectivity index (χ3n) is 1.62. The molecule has 0 aliphatic rings. The van der Waals surface area contributed by atoms with E-state index in [-0.39, 0.29) is 11.3 Å². The summed E-state index contributed by atoms with van der Waals surface area (Å²) in [5, 5.41) is 31.8. The molecule has 8 heteroatoms. The van der Waals surface area contributed by atoms with Crippen LogP contribution >= 0.6 is 0 Å². The van der Waals surface area contributed by atoms with E-state index >= 15 is 0 Å². The molecule has 0 bridgehead atoms. The first-order valence-corrected chi connectivity index (χ1v) is 4.28. The van der Waals surface area contributed by atoms with Gasteiger partial charge >= 0.3 is 11.7 Å². The molecule has 1 rings (SSSR count). The summed E-state index contributed by atoms with van der Waals surface area (Å²) in [5.74, 6) is -1.75. The van der Waals surface area contributed by atoms with Gasteiger partial charge in [-0.05, 0) is 6.92 Å². The van der Waals surface area contributed by atoms with E-state index in [1.54, 1.807) is 6.92 Å². The van der Waals surface area contributed by atoms with Gasteiger partial charge in [-0.1, -0.05) is 5.16 Å². The number of oxime groups is 1. The fourth-order valence-corrected chi connectivity index (χ4v) is 0.993. The molecule has 0 aromatic carbocycles. The molecule has 1 aromatic rings. The van der Waals surface area contributed by atoms with Crippen LogP contribution in [0, 0.1) is 5.21 Å². The maximum atomic E-state index is 11.3. The van der Waals surface area contributed by atoms with Crippen molar-refractivity contribution in [2.24, 2.45) is 5.16 Å². The average molecular weight is 227 g/mol. The molecule has 0 atom stereocenters. The van der Waals surface area contributed by atoms with Crippen LogP contribution in [0.3, 0.4) is 0 Å². The Kier molecular flexibility index (Phi) is 3.59. The van der Waals surface area contributed by atoms with Gasteiger partial charge in [-0.3, -0.25) is 0 Å². The van der Waals surface area contributed by atoms with Crippen molar-refractivity contribution >= 4 is 11.7 Å². The van der Waals surface area contributed by atoms with Crippen molar-refractivity contribution in [1.82, 2.24) is 4.98 Å². The number of nitrogens with zero attached hydrogens (tertiary/aromatic N) is 3. The zero-order chi connectivity index (χ0) is 12.1. The van der Waals surface area contributed by atoms with Crippen molar-refractivity contribution in [1.29, 1.82) is 0 Å². The van der Waals surface area contributed by atoms with E-state index in [1.165, 1.54) is 0 Å². The number of aromatic nitrogens is 2. The molecule has 2 N–H and O–H groups in total. The lowest BCUT2D eigenvalue weighted by Gasteiger charge is -2.05. The van der Waals surface area contributed by atoms with Crippen LogP contribution in [0.25, 0.3) is 0 Å². The minimum absolute atomic E-state index is 0.0394. The molecule has 0 aliphatic heterocycles. The Morgan fingerprint density at radius 2 is 2.44 bits per heavy atom. The van der Waals surface area contributed by atoms with Crippen LogP contribution in [0.4, 0.5) is 0 Å². The van der Waals surface area contributed by atoms with Gasteiger partial charge in [0.25, 0.3) is 11.6 Å². The first-order chi connectivity index (χ1) is 7.61. The highest BCUT2D eigenvalue weighted by atomic mass is 16.5. The van der Waals surface area contributed by atoms with Crippen molar-refractivity contribution in [3.63, 3.8) is 0 Å². The molecular formula is C8H9N3O5. The van der Waals surface area contributed by atoms with Gasteiger partial charge in [0, 0.05) is 0 Å². The standard InChI is InChI=1S/C8H9N3O5/c1-2-16-8(13)5(10-14)6-7(12)9-3-4-11(6)15/h3-4,14H,2H2,1H3,(H,9,12)/b10-5-. The molecule has 1 aromatic heterocycles. The smallest absolute Gasteiger partial charge is 0.367 e. The lowest BCUT2D eigenvalue weighted by Crippen LogP contribution is -2.38. The topological polar surface area (TPSA) is 119 Å². The van der Waals surface area contributed by atoms with Crippen LogP contribution in [0.2, 0.25) is 0 Å². The van der Waals surface area contributed by atoms with E-state index in [9.17, 15) is 15.1 Å². The van der Waals surface area contributed by atoms with E-state index in [1.807, 2.05) is 0 Å². The Morgan fingerprint density at radius 3 is 2.94 bits per heavy atom. The van der Waals surface area contributed by atoms with Gasteiger partial charge in [0.05, 0.1) is 12.8 Å². The fourth-order valence-electron chi connectivity index (χ4n) is 0.993. The second-order valence-electron chi connectivity index (χ2n) is 2.59. The highest BCUT2D eigenvalue weighted by Gasteiger charge is 2.29. The van der Waals surface area contributed by atoms with Gasteiger partial charge in [0.1, 0.15) is 0 Å². The zero-order valence-corrected chi connectivity index (χ0v) is 8.32. The largest absolute Gasteiger partial charge is 0.618 e. The number of carbonyl (C=O) groups excluding carboxylic acids is 1. The fraction of sp³-hybridized carbons (Fsp3) is 0.250. The summed E-state index contributed by atoms with van der Waals surface area (Å²) in [6.07, 6.45) is 1.98. The number of aromatic hydroxyl groups is 1. The monoisotopic (exact) mass is 227 g/mol. The number of esters is 1. The van der Waals surface area contributed by atoms with E-state index < -0.39 is 23.3 Å². The Labute approximate surface area is 90.0 Å². The molecular weight excluding hydrogens is 218 g/mol. The number of hydrogen-bond acceptors (Lipinski definition) is 7. The van der Waals surface area contributed by atoms with E-state index in [2.05, 4.69) is 14.9 Å². The molecule has 0 unspecified atom stereocenters. The SMILES string of the molecule is CCOC(=O)/C(=N\O)c1c(O)ncc[n+]1[O-]. The first-order valence-electron chi connectivity index (χ1n) is 4.28. The molecule has 8 nitrogen and oxygen atoms in total. The van der Waals surface area contributed by atoms with Crippen molar-refractivity contribution in [3.05, 3.63) is 23.3 Å². The van der Waals surface area contributed by atoms with Crippen molar-refractivity contribution in [2.45, 2.75) is 6.92 Å². The van der Waals surface area contributed by atoms with Crippen LogP contribution in [0.5, 0.6) is 5.88 Å². The van der Waals surface area contributed by atoms with Crippen LogP contribution in [-0.4, -0.2) is 33.6 Å². The van der Waals surface area contributed by atoms with E-state index in [0.717, 1.165) is 12.4 Å². The summed E-state index contributed by atoms with van der Waals surface area (Å²) >= 11 is 0. The minimum atomic E-state index is -1.03. The Balaban J connectivity index is 3.20. The van der Waals surface area contributed by atoms with Crippen LogP contribution in [-0.2, 0) is 9.53 Å². The van der Waals surface area contributed by atoms with Crippen LogP contribution < -0.4 is 4.73 Å². The molecule has 0 aliphatic carbocycles. The normalized spacial score (nSPS) is 11.2.